The largest absolute Gasteiger partial charge is 0.309 e. The normalized spacial score (nSPS) is 19.3. The lowest BCUT2D eigenvalue weighted by Crippen LogP contribution is -2.36. The molecule has 0 bridgehead atoms. The number of benzene rings is 2. The van der Waals surface area contributed by atoms with Crippen molar-refractivity contribution in [1.29, 1.82) is 0 Å². The Labute approximate surface area is 151 Å². The summed E-state index contributed by atoms with van der Waals surface area (Å²) >= 11 is 0. The van der Waals surface area contributed by atoms with Gasteiger partial charge in [-0.1, -0.05) is 6.07 Å². The summed E-state index contributed by atoms with van der Waals surface area (Å²) in [5.74, 6) is -0.270. The van der Waals surface area contributed by atoms with Gasteiger partial charge in [0.2, 0.25) is 5.91 Å². The maximum absolute atomic E-state index is 13.3. The van der Waals surface area contributed by atoms with Crippen LogP contribution >= 0.6 is 0 Å². The Bertz CT molecular complexity index is 986. The Kier molecular flexibility index (Phi) is 3.99. The number of hydrogen-bond donors (Lipinski definition) is 1. The predicted molar refractivity (Wildman–Crippen MR) is 97.0 cm³/mol. The molecule has 1 saturated carbocycles. The van der Waals surface area contributed by atoms with Crippen molar-refractivity contribution in [3.05, 3.63) is 53.8 Å². The summed E-state index contributed by atoms with van der Waals surface area (Å²) in [5.41, 5.74) is 1.80. The first-order valence-corrected chi connectivity index (χ1v) is 10.1. The van der Waals surface area contributed by atoms with Crippen LogP contribution in [0.1, 0.15) is 25.3 Å². The number of nitrogens with one attached hydrogen (secondary N) is 1. The van der Waals surface area contributed by atoms with Crippen molar-refractivity contribution in [1.82, 2.24) is 0 Å². The zero-order valence-corrected chi connectivity index (χ0v) is 15.1. The van der Waals surface area contributed by atoms with Gasteiger partial charge in [-0.15, -0.1) is 0 Å². The number of carbonyl (C=O) groups is 1. The Morgan fingerprint density at radius 3 is 2.65 bits per heavy atom. The van der Waals surface area contributed by atoms with Crippen LogP contribution in [-0.2, 0) is 21.2 Å². The minimum Gasteiger partial charge on any atom is -0.309 e. The van der Waals surface area contributed by atoms with Gasteiger partial charge in [0.15, 0.2) is 0 Å². The van der Waals surface area contributed by atoms with Crippen LogP contribution < -0.4 is 9.62 Å². The van der Waals surface area contributed by atoms with Gasteiger partial charge in [0.05, 0.1) is 10.6 Å². The van der Waals surface area contributed by atoms with Crippen LogP contribution in [0.2, 0.25) is 0 Å². The van der Waals surface area contributed by atoms with Gasteiger partial charge in [-0.05, 0) is 68.1 Å². The maximum atomic E-state index is 13.3. The molecule has 1 aliphatic carbocycles. The highest BCUT2D eigenvalue weighted by Crippen LogP contribution is 2.39. The number of fused-ring (bicyclic) bond motifs is 1. The minimum absolute atomic E-state index is 0.0206. The summed E-state index contributed by atoms with van der Waals surface area (Å²) < 4.78 is 40.9. The summed E-state index contributed by atoms with van der Waals surface area (Å²) in [6.07, 6.45) is 2.49. The van der Waals surface area contributed by atoms with Crippen molar-refractivity contribution in [2.45, 2.75) is 37.1 Å². The monoisotopic (exact) mass is 374 g/mol. The summed E-state index contributed by atoms with van der Waals surface area (Å²) in [6, 6.07) is 10.1. The van der Waals surface area contributed by atoms with Crippen molar-refractivity contribution in [3.8, 4) is 0 Å². The van der Waals surface area contributed by atoms with E-state index in [1.807, 2.05) is 6.92 Å². The molecular formula is C19H19FN2O3S. The van der Waals surface area contributed by atoms with Crippen LogP contribution in [-0.4, -0.2) is 20.4 Å². The van der Waals surface area contributed by atoms with Crippen LogP contribution in [0.25, 0.3) is 0 Å². The van der Waals surface area contributed by atoms with Crippen LogP contribution in [0.4, 0.5) is 15.8 Å². The first-order chi connectivity index (χ1) is 12.3. The zero-order chi connectivity index (χ0) is 18.5. The predicted octanol–water partition coefficient (Wildman–Crippen LogP) is 3.31. The zero-order valence-electron chi connectivity index (χ0n) is 14.3. The lowest BCUT2D eigenvalue weighted by Gasteiger charge is -2.22. The third-order valence-electron chi connectivity index (χ3n) is 4.82. The standard InChI is InChI=1S/C19H19FN2O3S/c1-12-9-14-10-17(7-8-18(14)22(12)19(23)13-5-6-13)26(24,25)21-16-4-2-3-15(20)11-16/h2-4,7-8,10-13,21H,5-6,9H2,1H3. The van der Waals surface area contributed by atoms with E-state index in [1.54, 1.807) is 17.0 Å². The lowest BCUT2D eigenvalue weighted by atomic mass is 10.1. The molecule has 1 unspecified atom stereocenters. The molecule has 2 aromatic rings. The summed E-state index contributed by atoms with van der Waals surface area (Å²) in [7, 11) is -3.83. The number of hydrogen-bond acceptors (Lipinski definition) is 3. The number of rotatable bonds is 4. The van der Waals surface area contributed by atoms with E-state index in [9.17, 15) is 17.6 Å². The van der Waals surface area contributed by atoms with Gasteiger partial charge in [0.25, 0.3) is 10.0 Å². The highest BCUT2D eigenvalue weighted by molar-refractivity contribution is 7.92. The van der Waals surface area contributed by atoms with Crippen molar-refractivity contribution >= 4 is 27.3 Å². The van der Waals surface area contributed by atoms with Crippen molar-refractivity contribution < 1.29 is 17.6 Å². The number of anilines is 2. The fourth-order valence-corrected chi connectivity index (χ4v) is 4.50. The van der Waals surface area contributed by atoms with E-state index in [4.69, 9.17) is 0 Å². The second kappa shape index (κ2) is 6.09. The van der Waals surface area contributed by atoms with Crippen LogP contribution in [0.5, 0.6) is 0 Å². The molecule has 4 rings (SSSR count). The highest BCUT2D eigenvalue weighted by Gasteiger charge is 2.39. The van der Waals surface area contributed by atoms with E-state index in [2.05, 4.69) is 4.72 Å². The van der Waals surface area contributed by atoms with Crippen molar-refractivity contribution in [2.24, 2.45) is 5.92 Å². The molecule has 1 amide bonds. The second-order valence-corrected chi connectivity index (χ2v) is 8.62. The summed E-state index contributed by atoms with van der Waals surface area (Å²) in [6.45, 7) is 1.97. The second-order valence-electron chi connectivity index (χ2n) is 6.94. The van der Waals surface area contributed by atoms with Gasteiger partial charge in [0.1, 0.15) is 5.82 Å². The quantitative estimate of drug-likeness (QED) is 0.893. The van der Waals surface area contributed by atoms with Crippen LogP contribution in [0, 0.1) is 11.7 Å². The highest BCUT2D eigenvalue weighted by atomic mass is 32.2. The minimum atomic E-state index is -3.83. The average Bonchev–Trinajstić information content (AvgIpc) is 3.36. The molecule has 1 heterocycles. The average molecular weight is 374 g/mol. The van der Waals surface area contributed by atoms with E-state index < -0.39 is 15.8 Å². The van der Waals surface area contributed by atoms with Gasteiger partial charge in [-0.25, -0.2) is 12.8 Å². The van der Waals surface area contributed by atoms with E-state index in [1.165, 1.54) is 24.3 Å². The molecule has 0 aromatic heterocycles. The Morgan fingerprint density at radius 2 is 1.96 bits per heavy atom. The van der Waals surface area contributed by atoms with E-state index in [-0.39, 0.29) is 28.4 Å². The molecule has 0 saturated heterocycles. The van der Waals surface area contributed by atoms with E-state index >= 15 is 0 Å². The fourth-order valence-electron chi connectivity index (χ4n) is 3.40. The van der Waals surface area contributed by atoms with Crippen molar-refractivity contribution in [3.63, 3.8) is 0 Å². The van der Waals surface area contributed by atoms with Gasteiger partial charge in [-0.3, -0.25) is 9.52 Å². The number of carbonyl (C=O) groups excluding carboxylic acids is 1. The first-order valence-electron chi connectivity index (χ1n) is 8.59. The lowest BCUT2D eigenvalue weighted by molar-refractivity contribution is -0.120. The van der Waals surface area contributed by atoms with E-state index in [0.717, 1.165) is 30.2 Å². The topological polar surface area (TPSA) is 66.5 Å². The number of sulfonamides is 1. The first kappa shape index (κ1) is 17.0. The molecule has 1 N–H and O–H groups in total. The molecule has 0 radical (unpaired) electrons. The molecule has 1 fully saturated rings. The SMILES string of the molecule is CC1Cc2cc(S(=O)(=O)Nc3cccc(F)c3)ccc2N1C(=O)C1CC1. The third kappa shape index (κ3) is 3.07. The molecular weight excluding hydrogens is 355 g/mol. The van der Waals surface area contributed by atoms with Gasteiger partial charge in [0, 0.05) is 17.6 Å². The molecule has 1 atom stereocenters. The maximum Gasteiger partial charge on any atom is 0.261 e. The van der Waals surface area contributed by atoms with Gasteiger partial charge >= 0.3 is 0 Å². The summed E-state index contributed by atoms with van der Waals surface area (Å²) in [4.78, 5) is 14.4. The van der Waals surface area contributed by atoms with Crippen LogP contribution in [0.3, 0.4) is 0 Å². The smallest absolute Gasteiger partial charge is 0.261 e. The van der Waals surface area contributed by atoms with Crippen LogP contribution in [0.15, 0.2) is 47.4 Å². The molecule has 2 aromatic carbocycles. The fraction of sp³-hybridized carbons (Fsp3) is 0.316. The van der Waals surface area contributed by atoms with Gasteiger partial charge < -0.3 is 4.90 Å². The summed E-state index contributed by atoms with van der Waals surface area (Å²) in [5, 5.41) is 0. The molecule has 26 heavy (non-hydrogen) atoms. The molecule has 136 valence electrons. The Morgan fingerprint density at radius 1 is 1.19 bits per heavy atom. The molecule has 1 aliphatic heterocycles. The molecule has 5 nitrogen and oxygen atoms in total. The van der Waals surface area contributed by atoms with E-state index in [0.29, 0.717) is 6.42 Å². The number of halogens is 1. The number of nitrogens with zero attached hydrogens (tertiary/aromatic N) is 1. The Hall–Kier alpha value is -2.41. The molecule has 0 spiro atoms. The molecule has 2 aliphatic rings. The van der Waals surface area contributed by atoms with Gasteiger partial charge in [-0.2, -0.15) is 0 Å². The van der Waals surface area contributed by atoms with Crippen molar-refractivity contribution in [2.75, 3.05) is 9.62 Å². The molecule has 7 heteroatoms. The third-order valence-corrected chi connectivity index (χ3v) is 6.20. The number of amides is 1. The Balaban J connectivity index is 1.63.